The number of benzene rings is 1. The summed E-state index contributed by atoms with van der Waals surface area (Å²) in [5.41, 5.74) is 2.38. The molecule has 0 unspecified atom stereocenters. The van der Waals surface area contributed by atoms with Crippen molar-refractivity contribution in [1.29, 1.82) is 0 Å². The van der Waals surface area contributed by atoms with Gasteiger partial charge >= 0.3 is 0 Å². The SMILES string of the molecule is Cc1nc(C)n(-c2ccccc2)c(=O)c1C. The van der Waals surface area contributed by atoms with Gasteiger partial charge in [-0.2, -0.15) is 0 Å². The van der Waals surface area contributed by atoms with E-state index in [0.29, 0.717) is 5.56 Å². The zero-order valence-corrected chi connectivity index (χ0v) is 9.69. The van der Waals surface area contributed by atoms with Crippen LogP contribution in [0.3, 0.4) is 0 Å². The first kappa shape index (κ1) is 10.6. The van der Waals surface area contributed by atoms with Gasteiger partial charge in [0.15, 0.2) is 0 Å². The van der Waals surface area contributed by atoms with Crippen LogP contribution < -0.4 is 5.56 Å². The van der Waals surface area contributed by atoms with Gasteiger partial charge in [0, 0.05) is 11.3 Å². The van der Waals surface area contributed by atoms with Crippen LogP contribution in [0.5, 0.6) is 0 Å². The summed E-state index contributed by atoms with van der Waals surface area (Å²) in [6.45, 7) is 5.52. The van der Waals surface area contributed by atoms with Crippen LogP contribution >= 0.6 is 0 Å². The monoisotopic (exact) mass is 214 g/mol. The van der Waals surface area contributed by atoms with Gasteiger partial charge in [-0.3, -0.25) is 9.36 Å². The van der Waals surface area contributed by atoms with Crippen molar-refractivity contribution in [2.75, 3.05) is 0 Å². The summed E-state index contributed by atoms with van der Waals surface area (Å²) in [5.74, 6) is 0.722. The van der Waals surface area contributed by atoms with Crippen molar-refractivity contribution in [1.82, 2.24) is 9.55 Å². The lowest BCUT2D eigenvalue weighted by molar-refractivity contribution is 0.837. The molecule has 2 aromatic rings. The summed E-state index contributed by atoms with van der Waals surface area (Å²) in [6.07, 6.45) is 0. The van der Waals surface area contributed by atoms with Crippen LogP contribution in [0, 0.1) is 20.8 Å². The van der Waals surface area contributed by atoms with Gasteiger partial charge in [0.25, 0.3) is 5.56 Å². The Morgan fingerprint density at radius 2 is 1.69 bits per heavy atom. The highest BCUT2D eigenvalue weighted by molar-refractivity contribution is 5.34. The largest absolute Gasteiger partial charge is 0.269 e. The van der Waals surface area contributed by atoms with E-state index in [0.717, 1.165) is 17.2 Å². The van der Waals surface area contributed by atoms with E-state index in [4.69, 9.17) is 0 Å². The van der Waals surface area contributed by atoms with E-state index in [1.54, 1.807) is 4.57 Å². The minimum Gasteiger partial charge on any atom is -0.269 e. The van der Waals surface area contributed by atoms with Crippen molar-refractivity contribution >= 4 is 0 Å². The predicted molar refractivity (Wildman–Crippen MR) is 64.0 cm³/mol. The van der Waals surface area contributed by atoms with Crippen LogP contribution in [-0.2, 0) is 0 Å². The van der Waals surface area contributed by atoms with Crippen molar-refractivity contribution in [2.24, 2.45) is 0 Å². The van der Waals surface area contributed by atoms with Gasteiger partial charge in [0.05, 0.1) is 5.69 Å². The Bertz CT molecular complexity index is 570. The Morgan fingerprint density at radius 3 is 2.31 bits per heavy atom. The van der Waals surface area contributed by atoms with E-state index in [-0.39, 0.29) is 5.56 Å². The van der Waals surface area contributed by atoms with Crippen molar-refractivity contribution in [3.05, 3.63) is 57.8 Å². The lowest BCUT2D eigenvalue weighted by Crippen LogP contribution is -2.25. The highest BCUT2D eigenvalue weighted by atomic mass is 16.1. The molecule has 0 saturated carbocycles. The third kappa shape index (κ3) is 1.65. The molecule has 16 heavy (non-hydrogen) atoms. The number of hydrogen-bond acceptors (Lipinski definition) is 2. The van der Waals surface area contributed by atoms with Gasteiger partial charge in [0.1, 0.15) is 5.82 Å². The standard InChI is InChI=1S/C13H14N2O/c1-9-10(2)14-11(3)15(13(9)16)12-7-5-4-6-8-12/h4-8H,1-3H3. The maximum atomic E-state index is 12.1. The van der Waals surface area contributed by atoms with Gasteiger partial charge in [-0.15, -0.1) is 0 Å². The van der Waals surface area contributed by atoms with E-state index < -0.39 is 0 Å². The van der Waals surface area contributed by atoms with E-state index in [1.807, 2.05) is 51.1 Å². The molecule has 2 rings (SSSR count). The first-order valence-corrected chi connectivity index (χ1v) is 5.23. The smallest absolute Gasteiger partial charge is 0.261 e. The van der Waals surface area contributed by atoms with Gasteiger partial charge in [0.2, 0.25) is 0 Å². The highest BCUT2D eigenvalue weighted by Crippen LogP contribution is 2.08. The minimum absolute atomic E-state index is 0.0104. The van der Waals surface area contributed by atoms with Gasteiger partial charge in [-0.05, 0) is 32.9 Å². The van der Waals surface area contributed by atoms with Gasteiger partial charge < -0.3 is 0 Å². The number of aromatic nitrogens is 2. The van der Waals surface area contributed by atoms with E-state index in [9.17, 15) is 4.79 Å². The van der Waals surface area contributed by atoms with Gasteiger partial charge in [-0.25, -0.2) is 4.98 Å². The van der Waals surface area contributed by atoms with Crippen LogP contribution in [0.4, 0.5) is 0 Å². The molecule has 1 aromatic heterocycles. The summed E-state index contributed by atoms with van der Waals surface area (Å²) in [4.78, 5) is 16.5. The van der Waals surface area contributed by atoms with Crippen LogP contribution in [0.25, 0.3) is 5.69 Å². The maximum Gasteiger partial charge on any atom is 0.261 e. The number of rotatable bonds is 1. The fraction of sp³-hybridized carbons (Fsp3) is 0.231. The molecular weight excluding hydrogens is 200 g/mol. The van der Waals surface area contributed by atoms with Crippen molar-refractivity contribution in [3.8, 4) is 5.69 Å². The van der Waals surface area contributed by atoms with Crippen molar-refractivity contribution in [2.45, 2.75) is 20.8 Å². The van der Waals surface area contributed by atoms with Crippen LogP contribution in [-0.4, -0.2) is 9.55 Å². The Kier molecular flexibility index (Phi) is 2.60. The van der Waals surface area contributed by atoms with Crippen molar-refractivity contribution in [3.63, 3.8) is 0 Å². The molecule has 0 radical (unpaired) electrons. The lowest BCUT2D eigenvalue weighted by Gasteiger charge is -2.11. The normalized spacial score (nSPS) is 10.4. The molecule has 3 nitrogen and oxygen atoms in total. The molecule has 0 aliphatic heterocycles. The molecule has 3 heteroatoms. The average Bonchev–Trinajstić information content (AvgIpc) is 2.28. The third-order valence-electron chi connectivity index (χ3n) is 2.73. The second-order valence-electron chi connectivity index (χ2n) is 3.85. The predicted octanol–water partition coefficient (Wildman–Crippen LogP) is 2.16. The molecule has 0 atom stereocenters. The molecule has 0 spiro atoms. The highest BCUT2D eigenvalue weighted by Gasteiger charge is 2.08. The maximum absolute atomic E-state index is 12.1. The summed E-state index contributed by atoms with van der Waals surface area (Å²) in [6, 6.07) is 9.57. The summed E-state index contributed by atoms with van der Waals surface area (Å²) < 4.78 is 1.64. The van der Waals surface area contributed by atoms with Crippen LogP contribution in [0.2, 0.25) is 0 Å². The molecule has 82 valence electrons. The molecule has 0 aliphatic rings. The molecular formula is C13H14N2O. The first-order valence-electron chi connectivity index (χ1n) is 5.23. The fourth-order valence-electron chi connectivity index (χ4n) is 1.73. The molecule has 0 N–H and O–H groups in total. The van der Waals surface area contributed by atoms with E-state index in [1.165, 1.54) is 0 Å². The second kappa shape index (κ2) is 3.93. The van der Waals surface area contributed by atoms with Crippen LogP contribution in [0.1, 0.15) is 17.1 Å². The molecule has 1 aromatic carbocycles. The Hall–Kier alpha value is -1.90. The number of nitrogens with zero attached hydrogens (tertiary/aromatic N) is 2. The van der Waals surface area contributed by atoms with E-state index in [2.05, 4.69) is 4.98 Å². The minimum atomic E-state index is 0.0104. The zero-order valence-electron chi connectivity index (χ0n) is 9.69. The van der Waals surface area contributed by atoms with Gasteiger partial charge in [-0.1, -0.05) is 18.2 Å². The molecule has 0 bridgehead atoms. The third-order valence-corrected chi connectivity index (χ3v) is 2.73. The summed E-state index contributed by atoms with van der Waals surface area (Å²) >= 11 is 0. The Morgan fingerprint density at radius 1 is 1.06 bits per heavy atom. The number of aryl methyl sites for hydroxylation is 2. The number of hydrogen-bond donors (Lipinski definition) is 0. The number of para-hydroxylation sites is 1. The van der Waals surface area contributed by atoms with Crippen molar-refractivity contribution < 1.29 is 0 Å². The average molecular weight is 214 g/mol. The molecule has 1 heterocycles. The summed E-state index contributed by atoms with van der Waals surface area (Å²) in [7, 11) is 0. The molecule has 0 fully saturated rings. The summed E-state index contributed by atoms with van der Waals surface area (Å²) in [5, 5.41) is 0. The Balaban J connectivity index is 2.77. The quantitative estimate of drug-likeness (QED) is 0.729. The topological polar surface area (TPSA) is 34.9 Å². The molecule has 0 saturated heterocycles. The Labute approximate surface area is 94.4 Å². The van der Waals surface area contributed by atoms with E-state index >= 15 is 0 Å². The fourth-order valence-corrected chi connectivity index (χ4v) is 1.73. The molecule has 0 amide bonds. The first-order chi connectivity index (χ1) is 7.61. The van der Waals surface area contributed by atoms with Crippen LogP contribution in [0.15, 0.2) is 35.1 Å². The molecule has 0 aliphatic carbocycles. The zero-order chi connectivity index (χ0) is 11.7. The lowest BCUT2D eigenvalue weighted by atomic mass is 10.2. The second-order valence-corrected chi connectivity index (χ2v) is 3.85.